The maximum absolute atomic E-state index is 11.8. The Morgan fingerprint density at radius 2 is 2.05 bits per heavy atom. The monoisotopic (exact) mass is 261 g/mol. The Hall–Kier alpha value is -1.39. The molecule has 0 saturated carbocycles. The molecule has 0 aromatic heterocycles. The molecular formula is C15H23N3O. The number of hydrogen-bond acceptors (Lipinski definition) is 3. The molecule has 1 aliphatic heterocycles. The van der Waals surface area contributed by atoms with Gasteiger partial charge in [-0.2, -0.15) is 0 Å². The minimum atomic E-state index is 0.142. The van der Waals surface area contributed by atoms with Crippen LogP contribution in [-0.4, -0.2) is 48.9 Å². The molecule has 0 radical (unpaired) electrons. The molecule has 104 valence electrons. The van der Waals surface area contributed by atoms with E-state index in [1.165, 1.54) is 11.1 Å². The average Bonchev–Trinajstić information content (AvgIpc) is 2.43. The lowest BCUT2D eigenvalue weighted by atomic mass is 9.98. The number of hydrogen-bond donors (Lipinski definition) is 1. The molecule has 4 heteroatoms. The molecule has 0 fully saturated rings. The van der Waals surface area contributed by atoms with E-state index in [2.05, 4.69) is 29.2 Å². The van der Waals surface area contributed by atoms with Gasteiger partial charge in [-0.05, 0) is 17.5 Å². The number of carbonyl (C=O) groups excluding carboxylic acids is 1. The molecule has 0 spiro atoms. The van der Waals surface area contributed by atoms with E-state index in [0.717, 1.165) is 19.5 Å². The second-order valence-corrected chi connectivity index (χ2v) is 5.37. The van der Waals surface area contributed by atoms with Crippen molar-refractivity contribution in [2.75, 3.05) is 27.2 Å². The molecule has 0 bridgehead atoms. The van der Waals surface area contributed by atoms with Gasteiger partial charge < -0.3 is 10.6 Å². The van der Waals surface area contributed by atoms with E-state index in [9.17, 15) is 4.79 Å². The van der Waals surface area contributed by atoms with Gasteiger partial charge in [-0.15, -0.1) is 0 Å². The SMILES string of the molecule is CN(C)C(=O)CC(CN)N1CCc2ccccc2C1. The van der Waals surface area contributed by atoms with Crippen molar-refractivity contribution < 1.29 is 4.79 Å². The van der Waals surface area contributed by atoms with Crippen LogP contribution in [0.3, 0.4) is 0 Å². The molecule has 0 aliphatic carbocycles. The largest absolute Gasteiger partial charge is 0.349 e. The summed E-state index contributed by atoms with van der Waals surface area (Å²) < 4.78 is 0. The van der Waals surface area contributed by atoms with Crippen molar-refractivity contribution in [2.24, 2.45) is 5.73 Å². The van der Waals surface area contributed by atoms with Crippen LogP contribution >= 0.6 is 0 Å². The smallest absolute Gasteiger partial charge is 0.223 e. The lowest BCUT2D eigenvalue weighted by molar-refractivity contribution is -0.130. The predicted octanol–water partition coefficient (Wildman–Crippen LogP) is 0.850. The molecule has 2 rings (SSSR count). The summed E-state index contributed by atoms with van der Waals surface area (Å²) in [7, 11) is 3.59. The highest BCUT2D eigenvalue weighted by Crippen LogP contribution is 2.21. The number of amides is 1. The fourth-order valence-electron chi connectivity index (χ4n) is 2.57. The van der Waals surface area contributed by atoms with Gasteiger partial charge in [0.05, 0.1) is 0 Å². The van der Waals surface area contributed by atoms with Gasteiger partial charge in [-0.1, -0.05) is 24.3 Å². The van der Waals surface area contributed by atoms with E-state index < -0.39 is 0 Å². The molecule has 1 heterocycles. The van der Waals surface area contributed by atoms with Gasteiger partial charge >= 0.3 is 0 Å². The van der Waals surface area contributed by atoms with Crippen molar-refractivity contribution >= 4 is 5.91 Å². The molecule has 19 heavy (non-hydrogen) atoms. The molecule has 1 aromatic carbocycles. The fraction of sp³-hybridized carbons (Fsp3) is 0.533. The number of nitrogens with two attached hydrogens (primary N) is 1. The Kier molecular flexibility index (Phi) is 4.56. The summed E-state index contributed by atoms with van der Waals surface area (Å²) in [5.41, 5.74) is 8.65. The summed E-state index contributed by atoms with van der Waals surface area (Å²) in [6, 6.07) is 8.66. The minimum absolute atomic E-state index is 0.142. The Morgan fingerprint density at radius 1 is 1.37 bits per heavy atom. The summed E-state index contributed by atoms with van der Waals surface area (Å²) in [4.78, 5) is 15.8. The van der Waals surface area contributed by atoms with Gasteiger partial charge in [0, 0.05) is 46.2 Å². The average molecular weight is 261 g/mol. The van der Waals surface area contributed by atoms with E-state index in [4.69, 9.17) is 5.73 Å². The van der Waals surface area contributed by atoms with Gasteiger partial charge in [-0.3, -0.25) is 9.69 Å². The Morgan fingerprint density at radius 3 is 2.68 bits per heavy atom. The van der Waals surface area contributed by atoms with E-state index >= 15 is 0 Å². The fourth-order valence-corrected chi connectivity index (χ4v) is 2.57. The normalized spacial score (nSPS) is 16.8. The Labute approximate surface area is 115 Å². The highest BCUT2D eigenvalue weighted by Gasteiger charge is 2.24. The summed E-state index contributed by atoms with van der Waals surface area (Å²) in [5.74, 6) is 0.148. The van der Waals surface area contributed by atoms with Crippen molar-refractivity contribution in [3.8, 4) is 0 Å². The van der Waals surface area contributed by atoms with Crippen molar-refractivity contribution in [3.05, 3.63) is 35.4 Å². The summed E-state index contributed by atoms with van der Waals surface area (Å²) >= 11 is 0. The van der Waals surface area contributed by atoms with E-state index in [1.54, 1.807) is 19.0 Å². The first-order valence-corrected chi connectivity index (χ1v) is 6.83. The van der Waals surface area contributed by atoms with Crippen molar-refractivity contribution in [2.45, 2.75) is 25.4 Å². The first-order valence-electron chi connectivity index (χ1n) is 6.83. The lowest BCUT2D eigenvalue weighted by Crippen LogP contribution is -2.45. The molecule has 1 atom stereocenters. The highest BCUT2D eigenvalue weighted by molar-refractivity contribution is 5.76. The van der Waals surface area contributed by atoms with Crippen LogP contribution in [0.15, 0.2) is 24.3 Å². The van der Waals surface area contributed by atoms with Gasteiger partial charge in [-0.25, -0.2) is 0 Å². The second-order valence-electron chi connectivity index (χ2n) is 5.37. The van der Waals surface area contributed by atoms with Gasteiger partial charge in [0.1, 0.15) is 0 Å². The standard InChI is InChI=1S/C15H23N3O/c1-17(2)15(19)9-14(10-16)18-8-7-12-5-3-4-6-13(12)11-18/h3-6,14H,7-11,16H2,1-2H3. The molecule has 1 amide bonds. The zero-order chi connectivity index (χ0) is 13.8. The van der Waals surface area contributed by atoms with Gasteiger partial charge in [0.2, 0.25) is 5.91 Å². The molecule has 1 unspecified atom stereocenters. The number of nitrogens with zero attached hydrogens (tertiary/aromatic N) is 2. The zero-order valence-electron chi connectivity index (χ0n) is 11.8. The molecule has 2 N–H and O–H groups in total. The third kappa shape index (κ3) is 3.33. The van der Waals surface area contributed by atoms with Crippen LogP contribution in [0.1, 0.15) is 17.5 Å². The predicted molar refractivity (Wildman–Crippen MR) is 76.7 cm³/mol. The summed E-state index contributed by atoms with van der Waals surface area (Å²) in [5, 5.41) is 0. The second kappa shape index (κ2) is 6.17. The molecule has 0 saturated heterocycles. The van der Waals surface area contributed by atoms with Crippen LogP contribution in [0.5, 0.6) is 0 Å². The number of benzene rings is 1. The topological polar surface area (TPSA) is 49.6 Å². The quantitative estimate of drug-likeness (QED) is 0.874. The van der Waals surface area contributed by atoms with Crippen molar-refractivity contribution in [3.63, 3.8) is 0 Å². The minimum Gasteiger partial charge on any atom is -0.349 e. The van der Waals surface area contributed by atoms with Crippen LogP contribution < -0.4 is 5.73 Å². The summed E-state index contributed by atoms with van der Waals surface area (Å²) in [6.07, 6.45) is 1.55. The molecular weight excluding hydrogens is 238 g/mol. The van der Waals surface area contributed by atoms with Crippen molar-refractivity contribution in [1.29, 1.82) is 0 Å². The van der Waals surface area contributed by atoms with E-state index in [-0.39, 0.29) is 11.9 Å². The first-order chi connectivity index (χ1) is 9.11. The molecule has 4 nitrogen and oxygen atoms in total. The Balaban J connectivity index is 2.04. The maximum Gasteiger partial charge on any atom is 0.223 e. The Bertz CT molecular complexity index is 445. The third-order valence-electron chi connectivity index (χ3n) is 3.86. The van der Waals surface area contributed by atoms with Crippen LogP contribution in [0.25, 0.3) is 0 Å². The van der Waals surface area contributed by atoms with Crippen LogP contribution in [0.2, 0.25) is 0 Å². The van der Waals surface area contributed by atoms with E-state index in [0.29, 0.717) is 13.0 Å². The molecule has 1 aliphatic rings. The van der Waals surface area contributed by atoms with E-state index in [1.807, 2.05) is 0 Å². The molecule has 1 aromatic rings. The number of rotatable bonds is 4. The summed E-state index contributed by atoms with van der Waals surface area (Å²) in [6.45, 7) is 2.42. The van der Waals surface area contributed by atoms with Gasteiger partial charge in [0.25, 0.3) is 0 Å². The van der Waals surface area contributed by atoms with Crippen molar-refractivity contribution in [1.82, 2.24) is 9.80 Å². The highest BCUT2D eigenvalue weighted by atomic mass is 16.2. The zero-order valence-corrected chi connectivity index (χ0v) is 11.8. The third-order valence-corrected chi connectivity index (χ3v) is 3.86. The van der Waals surface area contributed by atoms with Gasteiger partial charge in [0.15, 0.2) is 0 Å². The lowest BCUT2D eigenvalue weighted by Gasteiger charge is -2.35. The van der Waals surface area contributed by atoms with Crippen LogP contribution in [0, 0.1) is 0 Å². The van der Waals surface area contributed by atoms with Crippen LogP contribution in [-0.2, 0) is 17.8 Å². The number of fused-ring (bicyclic) bond motifs is 1. The first kappa shape index (κ1) is 14.0. The number of carbonyl (C=O) groups is 1. The van der Waals surface area contributed by atoms with Crippen LogP contribution in [0.4, 0.5) is 0 Å². The maximum atomic E-state index is 11.8.